The molecule has 0 spiro atoms. The number of halogens is 1. The fraction of sp³-hybridized carbons (Fsp3) is 0.250. The smallest absolute Gasteiger partial charge is 0.306 e. The summed E-state index contributed by atoms with van der Waals surface area (Å²) in [5, 5.41) is 10.4. The lowest BCUT2D eigenvalue weighted by atomic mass is 10.3. The first-order valence-electron chi connectivity index (χ1n) is 4.52. The largest absolute Gasteiger partial charge is 0.329 e. The molecule has 0 heterocycles. The van der Waals surface area contributed by atoms with Gasteiger partial charge in [-0.2, -0.15) is 4.39 Å². The normalized spacial score (nSPS) is 11.4. The molecule has 0 amide bonds. The van der Waals surface area contributed by atoms with Gasteiger partial charge >= 0.3 is 5.69 Å². The molecule has 0 saturated heterocycles. The van der Waals surface area contributed by atoms with E-state index < -0.39 is 26.5 Å². The van der Waals surface area contributed by atoms with Gasteiger partial charge in [-0.3, -0.25) is 10.1 Å². The minimum absolute atomic E-state index is 0.00644. The van der Waals surface area contributed by atoms with Gasteiger partial charge in [0.1, 0.15) is 0 Å². The van der Waals surface area contributed by atoms with Gasteiger partial charge in [-0.1, -0.05) is 0 Å². The van der Waals surface area contributed by atoms with Crippen molar-refractivity contribution in [1.29, 1.82) is 0 Å². The summed E-state index contributed by atoms with van der Waals surface area (Å²) in [7, 11) is -3.90. The highest BCUT2D eigenvalue weighted by atomic mass is 32.2. The number of hydrogen-bond donors (Lipinski definition) is 2. The molecule has 0 saturated carbocycles. The zero-order chi connectivity index (χ0) is 13.1. The van der Waals surface area contributed by atoms with Crippen LogP contribution >= 0.6 is 0 Å². The molecular weight excluding hydrogens is 253 g/mol. The molecule has 1 aromatic rings. The van der Waals surface area contributed by atoms with E-state index in [1.54, 1.807) is 0 Å². The molecule has 0 unspecified atom stereocenters. The van der Waals surface area contributed by atoms with Crippen LogP contribution in [0.15, 0.2) is 23.1 Å². The Hall–Kier alpha value is -1.58. The predicted molar refractivity (Wildman–Crippen MR) is 57.3 cm³/mol. The van der Waals surface area contributed by atoms with Crippen molar-refractivity contribution in [3.05, 3.63) is 34.1 Å². The third-order valence-electron chi connectivity index (χ3n) is 1.86. The van der Waals surface area contributed by atoms with E-state index in [4.69, 9.17) is 5.73 Å². The van der Waals surface area contributed by atoms with Crippen LogP contribution in [0.1, 0.15) is 0 Å². The van der Waals surface area contributed by atoms with Crippen LogP contribution in [0, 0.1) is 15.9 Å². The van der Waals surface area contributed by atoms with E-state index >= 15 is 0 Å². The number of nitrogens with zero attached hydrogens (tertiary/aromatic N) is 1. The van der Waals surface area contributed by atoms with Crippen molar-refractivity contribution in [3.8, 4) is 0 Å². The first-order valence-corrected chi connectivity index (χ1v) is 6.00. The number of benzene rings is 1. The third-order valence-corrected chi connectivity index (χ3v) is 3.32. The van der Waals surface area contributed by atoms with Crippen LogP contribution in [0.2, 0.25) is 0 Å². The molecule has 3 N–H and O–H groups in total. The molecule has 0 aliphatic heterocycles. The Bertz CT molecular complexity index is 532. The summed E-state index contributed by atoms with van der Waals surface area (Å²) in [5.74, 6) is -1.09. The maximum Gasteiger partial charge on any atom is 0.306 e. The van der Waals surface area contributed by atoms with Gasteiger partial charge < -0.3 is 5.73 Å². The monoisotopic (exact) mass is 263 g/mol. The van der Waals surface area contributed by atoms with Crippen LogP contribution in [-0.4, -0.2) is 26.4 Å². The molecule has 0 aliphatic carbocycles. The Balaban J connectivity index is 3.16. The highest BCUT2D eigenvalue weighted by Crippen LogP contribution is 2.21. The number of sulfonamides is 1. The highest BCUT2D eigenvalue weighted by Gasteiger charge is 2.20. The van der Waals surface area contributed by atoms with Crippen LogP contribution in [-0.2, 0) is 10.0 Å². The fourth-order valence-electron chi connectivity index (χ4n) is 1.08. The van der Waals surface area contributed by atoms with E-state index in [-0.39, 0.29) is 18.0 Å². The number of nitro benzene ring substituents is 1. The average Bonchev–Trinajstić information content (AvgIpc) is 2.26. The summed E-state index contributed by atoms with van der Waals surface area (Å²) in [6.45, 7) is 0.0794. The molecule has 7 nitrogen and oxygen atoms in total. The molecule has 0 radical (unpaired) electrons. The SMILES string of the molecule is NCCNS(=O)(=O)c1ccc(F)c([N+](=O)[O-])c1. The zero-order valence-electron chi connectivity index (χ0n) is 8.59. The number of nitrogens with one attached hydrogen (secondary N) is 1. The molecule has 94 valence electrons. The summed E-state index contributed by atoms with van der Waals surface area (Å²) < 4.78 is 38.2. The molecule has 0 bridgehead atoms. The second kappa shape index (κ2) is 5.17. The number of rotatable bonds is 5. The maximum atomic E-state index is 13.0. The summed E-state index contributed by atoms with van der Waals surface area (Å²) in [6.07, 6.45) is 0. The lowest BCUT2D eigenvalue weighted by molar-refractivity contribution is -0.387. The van der Waals surface area contributed by atoms with Crippen LogP contribution in [0.25, 0.3) is 0 Å². The lowest BCUT2D eigenvalue weighted by Crippen LogP contribution is -2.29. The van der Waals surface area contributed by atoms with E-state index in [1.807, 2.05) is 0 Å². The van der Waals surface area contributed by atoms with Gasteiger partial charge in [0, 0.05) is 19.2 Å². The van der Waals surface area contributed by atoms with Crippen LogP contribution in [0.4, 0.5) is 10.1 Å². The maximum absolute atomic E-state index is 13.0. The molecule has 0 fully saturated rings. The van der Waals surface area contributed by atoms with Crippen molar-refractivity contribution >= 4 is 15.7 Å². The lowest BCUT2D eigenvalue weighted by Gasteiger charge is -2.05. The number of nitro groups is 1. The molecule has 0 aliphatic rings. The summed E-state index contributed by atoms with van der Waals surface area (Å²) in [4.78, 5) is 9.08. The van der Waals surface area contributed by atoms with Crippen molar-refractivity contribution in [2.45, 2.75) is 4.90 Å². The Kier molecular flexibility index (Phi) is 4.10. The Morgan fingerprint density at radius 2 is 2.12 bits per heavy atom. The van der Waals surface area contributed by atoms with E-state index in [9.17, 15) is 22.9 Å². The average molecular weight is 263 g/mol. The van der Waals surface area contributed by atoms with Gasteiger partial charge in [0.25, 0.3) is 0 Å². The van der Waals surface area contributed by atoms with Gasteiger partial charge in [-0.05, 0) is 12.1 Å². The van der Waals surface area contributed by atoms with Gasteiger partial charge in [0.15, 0.2) is 0 Å². The highest BCUT2D eigenvalue weighted by molar-refractivity contribution is 7.89. The van der Waals surface area contributed by atoms with Crippen LogP contribution in [0.5, 0.6) is 0 Å². The summed E-state index contributed by atoms with van der Waals surface area (Å²) in [5.41, 5.74) is 4.23. The van der Waals surface area contributed by atoms with Crippen LogP contribution < -0.4 is 10.5 Å². The molecule has 9 heteroatoms. The van der Waals surface area contributed by atoms with Crippen molar-refractivity contribution < 1.29 is 17.7 Å². The Morgan fingerprint density at radius 3 is 2.65 bits per heavy atom. The fourth-order valence-corrected chi connectivity index (χ4v) is 2.14. The van der Waals surface area contributed by atoms with E-state index in [0.29, 0.717) is 6.07 Å². The minimum Gasteiger partial charge on any atom is -0.329 e. The quantitative estimate of drug-likeness (QED) is 0.571. The van der Waals surface area contributed by atoms with Crippen LogP contribution in [0.3, 0.4) is 0 Å². The van der Waals surface area contributed by atoms with E-state index in [0.717, 1.165) is 12.1 Å². The first kappa shape index (κ1) is 13.5. The van der Waals surface area contributed by atoms with Gasteiger partial charge in [-0.15, -0.1) is 0 Å². The van der Waals surface area contributed by atoms with Crippen molar-refractivity contribution in [2.24, 2.45) is 5.73 Å². The summed E-state index contributed by atoms with van der Waals surface area (Å²) in [6, 6.07) is 2.34. The minimum atomic E-state index is -3.90. The first-order chi connectivity index (χ1) is 7.88. The summed E-state index contributed by atoms with van der Waals surface area (Å²) >= 11 is 0. The zero-order valence-corrected chi connectivity index (χ0v) is 9.41. The topological polar surface area (TPSA) is 115 Å². The predicted octanol–water partition coefficient (Wildman–Crippen LogP) is -0.0291. The van der Waals surface area contributed by atoms with Gasteiger partial charge in [-0.25, -0.2) is 13.1 Å². The Labute approximate surface area is 96.6 Å². The number of nitrogens with two attached hydrogens (primary N) is 1. The Morgan fingerprint density at radius 1 is 1.47 bits per heavy atom. The molecular formula is C8H10FN3O4S. The second-order valence-electron chi connectivity index (χ2n) is 3.06. The number of hydrogen-bond acceptors (Lipinski definition) is 5. The van der Waals surface area contributed by atoms with Crippen molar-refractivity contribution in [2.75, 3.05) is 13.1 Å². The molecule has 17 heavy (non-hydrogen) atoms. The third kappa shape index (κ3) is 3.19. The van der Waals surface area contributed by atoms with Gasteiger partial charge in [0.05, 0.1) is 9.82 Å². The standard InChI is InChI=1S/C8H10FN3O4S/c9-7-2-1-6(5-8(7)12(13)14)17(15,16)11-4-3-10/h1-2,5,11H,3-4,10H2. The van der Waals surface area contributed by atoms with Crippen molar-refractivity contribution in [3.63, 3.8) is 0 Å². The second-order valence-corrected chi connectivity index (χ2v) is 4.82. The molecule has 1 aromatic carbocycles. The van der Waals surface area contributed by atoms with Gasteiger partial charge in [0.2, 0.25) is 15.8 Å². The van der Waals surface area contributed by atoms with E-state index in [1.165, 1.54) is 0 Å². The molecule has 1 rings (SSSR count). The molecule has 0 atom stereocenters. The van der Waals surface area contributed by atoms with Crippen molar-refractivity contribution in [1.82, 2.24) is 4.72 Å². The molecule has 0 aromatic heterocycles. The van der Waals surface area contributed by atoms with E-state index in [2.05, 4.69) is 4.72 Å².